The Balaban J connectivity index is 2.74. The normalized spacial score (nSPS) is 25.7. The Kier molecular flexibility index (Phi) is 3.46. The second-order valence-corrected chi connectivity index (χ2v) is 3.65. The Hall–Kier alpha value is -1.10. The van der Waals surface area contributed by atoms with Crippen molar-refractivity contribution in [3.05, 3.63) is 0 Å². The number of nitrogens with zero attached hydrogens (tertiary/aromatic N) is 1. The SMILES string of the molecule is C[C@H](C(=O)O)N1CCCC[C@H](N)C1=O. The van der Waals surface area contributed by atoms with Crippen molar-refractivity contribution in [2.24, 2.45) is 5.73 Å². The number of hydrogen-bond acceptors (Lipinski definition) is 3. The number of carbonyl (C=O) groups is 2. The van der Waals surface area contributed by atoms with Crippen molar-refractivity contribution in [3.63, 3.8) is 0 Å². The molecule has 1 aliphatic rings. The Morgan fingerprint density at radius 2 is 2.29 bits per heavy atom. The molecule has 1 saturated heterocycles. The van der Waals surface area contributed by atoms with Gasteiger partial charge in [-0.2, -0.15) is 0 Å². The Morgan fingerprint density at radius 1 is 1.64 bits per heavy atom. The smallest absolute Gasteiger partial charge is 0.326 e. The summed E-state index contributed by atoms with van der Waals surface area (Å²) < 4.78 is 0. The average molecular weight is 200 g/mol. The molecule has 2 atom stereocenters. The van der Waals surface area contributed by atoms with Crippen LogP contribution < -0.4 is 5.73 Å². The van der Waals surface area contributed by atoms with Crippen LogP contribution in [0.1, 0.15) is 26.2 Å². The summed E-state index contributed by atoms with van der Waals surface area (Å²) >= 11 is 0. The van der Waals surface area contributed by atoms with E-state index in [4.69, 9.17) is 10.8 Å². The second kappa shape index (κ2) is 4.41. The molecule has 80 valence electrons. The molecule has 5 heteroatoms. The average Bonchev–Trinajstić information content (AvgIpc) is 2.29. The molecule has 0 unspecified atom stereocenters. The first-order valence-electron chi connectivity index (χ1n) is 4.83. The fourth-order valence-corrected chi connectivity index (χ4v) is 1.61. The molecule has 0 aromatic heterocycles. The van der Waals surface area contributed by atoms with E-state index in [0.29, 0.717) is 13.0 Å². The van der Waals surface area contributed by atoms with E-state index in [1.807, 2.05) is 0 Å². The minimum absolute atomic E-state index is 0.239. The Bertz CT molecular complexity index is 242. The van der Waals surface area contributed by atoms with Crippen LogP contribution >= 0.6 is 0 Å². The maximum absolute atomic E-state index is 11.6. The van der Waals surface area contributed by atoms with Crippen molar-refractivity contribution in [2.75, 3.05) is 6.54 Å². The predicted octanol–water partition coefficient (Wildman–Crippen LogP) is -0.201. The molecule has 1 aliphatic heterocycles. The molecule has 1 amide bonds. The van der Waals surface area contributed by atoms with E-state index in [0.717, 1.165) is 12.8 Å². The quantitative estimate of drug-likeness (QED) is 0.646. The summed E-state index contributed by atoms with van der Waals surface area (Å²) in [6.07, 6.45) is 2.37. The molecule has 0 aromatic rings. The highest BCUT2D eigenvalue weighted by Gasteiger charge is 2.30. The summed E-state index contributed by atoms with van der Waals surface area (Å²) in [6.45, 7) is 2.01. The van der Waals surface area contributed by atoms with Crippen LogP contribution in [0.15, 0.2) is 0 Å². The first kappa shape index (κ1) is 11.0. The number of nitrogens with two attached hydrogens (primary N) is 1. The van der Waals surface area contributed by atoms with Gasteiger partial charge in [-0.05, 0) is 26.2 Å². The molecule has 1 fully saturated rings. The van der Waals surface area contributed by atoms with Gasteiger partial charge in [0.25, 0.3) is 0 Å². The summed E-state index contributed by atoms with van der Waals surface area (Å²) in [5.74, 6) is -1.22. The third-order valence-electron chi connectivity index (χ3n) is 2.59. The van der Waals surface area contributed by atoms with Crippen molar-refractivity contribution < 1.29 is 14.7 Å². The molecular formula is C9H16N2O3. The van der Waals surface area contributed by atoms with E-state index in [1.165, 1.54) is 11.8 Å². The van der Waals surface area contributed by atoms with Crippen LogP contribution in [0.2, 0.25) is 0 Å². The third-order valence-corrected chi connectivity index (χ3v) is 2.59. The zero-order valence-electron chi connectivity index (χ0n) is 8.27. The molecule has 1 heterocycles. The van der Waals surface area contributed by atoms with Gasteiger partial charge in [0, 0.05) is 6.54 Å². The lowest BCUT2D eigenvalue weighted by atomic mass is 10.1. The molecule has 3 N–H and O–H groups in total. The van der Waals surface area contributed by atoms with Crippen molar-refractivity contribution in [1.29, 1.82) is 0 Å². The highest BCUT2D eigenvalue weighted by Crippen LogP contribution is 2.13. The van der Waals surface area contributed by atoms with E-state index in [-0.39, 0.29) is 5.91 Å². The molecule has 0 saturated carbocycles. The molecule has 14 heavy (non-hydrogen) atoms. The molecule has 0 spiro atoms. The molecule has 0 radical (unpaired) electrons. The van der Waals surface area contributed by atoms with E-state index in [9.17, 15) is 9.59 Å². The highest BCUT2D eigenvalue weighted by molar-refractivity contribution is 5.86. The van der Waals surface area contributed by atoms with Gasteiger partial charge in [-0.15, -0.1) is 0 Å². The van der Waals surface area contributed by atoms with Gasteiger partial charge in [0.05, 0.1) is 6.04 Å². The lowest BCUT2D eigenvalue weighted by Crippen LogP contribution is -2.49. The van der Waals surface area contributed by atoms with Gasteiger partial charge in [0.2, 0.25) is 5.91 Å². The molecular weight excluding hydrogens is 184 g/mol. The van der Waals surface area contributed by atoms with Crippen LogP contribution in [0.5, 0.6) is 0 Å². The number of carboxylic acids is 1. The van der Waals surface area contributed by atoms with E-state index >= 15 is 0 Å². The summed E-state index contributed by atoms with van der Waals surface area (Å²) in [4.78, 5) is 23.7. The maximum Gasteiger partial charge on any atom is 0.326 e. The summed E-state index contributed by atoms with van der Waals surface area (Å²) in [5, 5.41) is 8.80. The highest BCUT2D eigenvalue weighted by atomic mass is 16.4. The minimum Gasteiger partial charge on any atom is -0.480 e. The number of carbonyl (C=O) groups excluding carboxylic acids is 1. The van der Waals surface area contributed by atoms with E-state index in [1.54, 1.807) is 0 Å². The first-order valence-corrected chi connectivity index (χ1v) is 4.83. The Labute approximate surface area is 82.9 Å². The molecule has 0 aromatic carbocycles. The van der Waals surface area contributed by atoms with Crippen LogP contribution in [0.25, 0.3) is 0 Å². The van der Waals surface area contributed by atoms with Gasteiger partial charge in [0.1, 0.15) is 6.04 Å². The van der Waals surface area contributed by atoms with Crippen LogP contribution in [0, 0.1) is 0 Å². The summed E-state index contributed by atoms with van der Waals surface area (Å²) in [6, 6.07) is -1.30. The fraction of sp³-hybridized carbons (Fsp3) is 0.778. The van der Waals surface area contributed by atoms with Gasteiger partial charge in [-0.25, -0.2) is 4.79 Å². The Morgan fingerprint density at radius 3 is 2.86 bits per heavy atom. The molecule has 5 nitrogen and oxygen atoms in total. The number of carboxylic acid groups (broad SMARTS) is 1. The van der Waals surface area contributed by atoms with Crippen LogP contribution in [-0.4, -0.2) is 40.5 Å². The fourth-order valence-electron chi connectivity index (χ4n) is 1.61. The third kappa shape index (κ3) is 2.23. The zero-order chi connectivity index (χ0) is 10.7. The topological polar surface area (TPSA) is 83.6 Å². The summed E-state index contributed by atoms with van der Waals surface area (Å²) in [7, 11) is 0. The predicted molar refractivity (Wildman–Crippen MR) is 50.6 cm³/mol. The van der Waals surface area contributed by atoms with Crippen LogP contribution in [0.4, 0.5) is 0 Å². The summed E-state index contributed by atoms with van der Waals surface area (Å²) in [5.41, 5.74) is 5.62. The second-order valence-electron chi connectivity index (χ2n) is 3.65. The van der Waals surface area contributed by atoms with Crippen LogP contribution in [0.3, 0.4) is 0 Å². The van der Waals surface area contributed by atoms with Crippen molar-refractivity contribution >= 4 is 11.9 Å². The molecule has 1 rings (SSSR count). The monoisotopic (exact) mass is 200 g/mol. The van der Waals surface area contributed by atoms with E-state index < -0.39 is 18.1 Å². The standard InChI is InChI=1S/C9H16N2O3/c1-6(9(13)14)11-5-3-2-4-7(10)8(11)12/h6-7H,2-5,10H2,1H3,(H,13,14)/t6-,7+/m1/s1. The zero-order valence-corrected chi connectivity index (χ0v) is 8.27. The van der Waals surface area contributed by atoms with Gasteiger partial charge >= 0.3 is 5.97 Å². The van der Waals surface area contributed by atoms with Crippen LogP contribution in [-0.2, 0) is 9.59 Å². The number of hydrogen-bond donors (Lipinski definition) is 2. The number of likely N-dealkylation sites (tertiary alicyclic amines) is 1. The van der Waals surface area contributed by atoms with Gasteiger partial charge < -0.3 is 15.7 Å². The van der Waals surface area contributed by atoms with Crippen molar-refractivity contribution in [2.45, 2.75) is 38.3 Å². The molecule has 0 aliphatic carbocycles. The number of aliphatic carboxylic acids is 1. The lowest BCUT2D eigenvalue weighted by Gasteiger charge is -2.26. The van der Waals surface area contributed by atoms with Gasteiger partial charge in [-0.1, -0.05) is 0 Å². The first-order chi connectivity index (χ1) is 6.54. The van der Waals surface area contributed by atoms with E-state index in [2.05, 4.69) is 0 Å². The number of amides is 1. The van der Waals surface area contributed by atoms with Gasteiger partial charge in [-0.3, -0.25) is 4.79 Å². The lowest BCUT2D eigenvalue weighted by molar-refractivity contribution is -0.149. The van der Waals surface area contributed by atoms with Gasteiger partial charge in [0.15, 0.2) is 0 Å². The maximum atomic E-state index is 11.6. The van der Waals surface area contributed by atoms with Crippen molar-refractivity contribution in [1.82, 2.24) is 4.90 Å². The molecule has 0 bridgehead atoms. The number of rotatable bonds is 2. The largest absolute Gasteiger partial charge is 0.480 e. The van der Waals surface area contributed by atoms with Crippen molar-refractivity contribution in [3.8, 4) is 0 Å². The minimum atomic E-state index is -0.979.